The van der Waals surface area contributed by atoms with Crippen molar-refractivity contribution in [2.24, 2.45) is 4.99 Å². The predicted octanol–water partition coefficient (Wildman–Crippen LogP) is 5.35. The number of thiazole rings is 1. The Hall–Kier alpha value is -3.39. The maximum absolute atomic E-state index is 13.8. The molecule has 0 amide bonds. The number of thioether (sulfide) groups is 1. The molecule has 0 aliphatic carbocycles. The molecule has 0 bridgehead atoms. The molecule has 0 N–H and O–H groups in total. The highest BCUT2D eigenvalue weighted by Crippen LogP contribution is 2.32. The second-order valence-corrected chi connectivity index (χ2v) is 10.7. The first-order chi connectivity index (χ1) is 18.0. The van der Waals surface area contributed by atoms with Gasteiger partial charge in [-0.3, -0.25) is 9.36 Å². The molecule has 0 fully saturated rings. The molecule has 0 saturated carbocycles. The van der Waals surface area contributed by atoms with Crippen molar-refractivity contribution in [1.29, 1.82) is 0 Å². The average molecular weight is 547 g/mol. The van der Waals surface area contributed by atoms with Gasteiger partial charge in [-0.2, -0.15) is 0 Å². The Kier molecular flexibility index (Phi) is 7.46. The highest BCUT2D eigenvalue weighted by Gasteiger charge is 2.33. The van der Waals surface area contributed by atoms with Crippen molar-refractivity contribution < 1.29 is 9.53 Å². The predicted molar refractivity (Wildman–Crippen MR) is 150 cm³/mol. The van der Waals surface area contributed by atoms with Crippen LogP contribution in [0.2, 0.25) is 5.02 Å². The molecule has 1 unspecified atom stereocenters. The van der Waals surface area contributed by atoms with Crippen molar-refractivity contribution in [3.63, 3.8) is 0 Å². The van der Waals surface area contributed by atoms with Gasteiger partial charge in [0.15, 0.2) is 4.80 Å². The highest BCUT2D eigenvalue weighted by molar-refractivity contribution is 7.98. The van der Waals surface area contributed by atoms with E-state index in [4.69, 9.17) is 16.3 Å². The van der Waals surface area contributed by atoms with Gasteiger partial charge < -0.3 is 4.74 Å². The number of halogens is 1. The van der Waals surface area contributed by atoms with Gasteiger partial charge >= 0.3 is 5.97 Å². The fourth-order valence-corrected chi connectivity index (χ4v) is 5.85. The van der Waals surface area contributed by atoms with Crippen molar-refractivity contribution in [1.82, 2.24) is 4.57 Å². The van der Waals surface area contributed by atoms with E-state index in [2.05, 4.69) is 4.99 Å². The molecule has 186 valence electrons. The van der Waals surface area contributed by atoms with E-state index in [0.717, 1.165) is 21.6 Å². The van der Waals surface area contributed by atoms with Crippen LogP contribution in [0, 0.1) is 0 Å². The maximum atomic E-state index is 13.8. The molecule has 1 aliphatic heterocycles. The maximum Gasteiger partial charge on any atom is 0.338 e. The zero-order valence-corrected chi connectivity index (χ0v) is 22.6. The number of esters is 1. The van der Waals surface area contributed by atoms with Crippen LogP contribution >= 0.6 is 34.7 Å². The number of fused-ring (bicyclic) bond motifs is 1. The molecule has 1 aromatic heterocycles. The van der Waals surface area contributed by atoms with Crippen molar-refractivity contribution in [2.45, 2.75) is 24.5 Å². The minimum atomic E-state index is -0.663. The third-order valence-electron chi connectivity index (χ3n) is 6.08. The average Bonchev–Trinajstić information content (AvgIpc) is 3.22. The van der Waals surface area contributed by atoms with Gasteiger partial charge in [-0.05, 0) is 54.1 Å². The molecule has 5 nitrogen and oxygen atoms in total. The molecule has 4 aromatic rings. The molecule has 8 heteroatoms. The molecule has 1 atom stereocenters. The number of benzene rings is 3. The summed E-state index contributed by atoms with van der Waals surface area (Å²) in [7, 11) is 0. The van der Waals surface area contributed by atoms with Gasteiger partial charge in [-0.1, -0.05) is 83.6 Å². The fraction of sp³-hybridized carbons (Fsp3) is 0.138. The Balaban J connectivity index is 1.63. The number of hydrogen-bond donors (Lipinski definition) is 0. The lowest BCUT2D eigenvalue weighted by Crippen LogP contribution is -2.39. The summed E-state index contributed by atoms with van der Waals surface area (Å²) in [5, 5.41) is 0.555. The van der Waals surface area contributed by atoms with Gasteiger partial charge in [0.2, 0.25) is 0 Å². The van der Waals surface area contributed by atoms with Crippen LogP contribution < -0.4 is 14.9 Å². The molecule has 0 saturated heterocycles. The van der Waals surface area contributed by atoms with E-state index in [1.165, 1.54) is 11.3 Å². The minimum Gasteiger partial charge on any atom is -0.457 e. The van der Waals surface area contributed by atoms with E-state index in [1.54, 1.807) is 35.4 Å². The van der Waals surface area contributed by atoms with Gasteiger partial charge in [0.25, 0.3) is 5.56 Å². The molecular formula is C29H23ClN2O3S2. The summed E-state index contributed by atoms with van der Waals surface area (Å²) in [5.41, 5.74) is 3.08. The van der Waals surface area contributed by atoms with Gasteiger partial charge in [0.1, 0.15) is 6.61 Å². The molecule has 1 aliphatic rings. The molecule has 5 rings (SSSR count). The second kappa shape index (κ2) is 10.9. The smallest absolute Gasteiger partial charge is 0.338 e. The Bertz CT molecular complexity index is 1670. The Morgan fingerprint density at radius 2 is 1.78 bits per heavy atom. The lowest BCUT2D eigenvalue weighted by atomic mass is 9.96. The molecular weight excluding hydrogens is 524 g/mol. The highest BCUT2D eigenvalue weighted by atomic mass is 35.5. The van der Waals surface area contributed by atoms with Crippen molar-refractivity contribution >= 4 is 46.7 Å². The Morgan fingerprint density at radius 1 is 1.08 bits per heavy atom. The second-order valence-electron chi connectivity index (χ2n) is 8.44. The largest absolute Gasteiger partial charge is 0.457 e. The first-order valence-corrected chi connectivity index (χ1v) is 14.0. The van der Waals surface area contributed by atoms with Crippen LogP contribution in [0.3, 0.4) is 0 Å². The number of ether oxygens (including phenoxy) is 1. The van der Waals surface area contributed by atoms with E-state index in [-0.39, 0.29) is 12.2 Å². The van der Waals surface area contributed by atoms with Crippen molar-refractivity contribution in [3.8, 4) is 0 Å². The summed E-state index contributed by atoms with van der Waals surface area (Å²) >= 11 is 9.25. The van der Waals surface area contributed by atoms with Crippen LogP contribution in [0.15, 0.2) is 105 Å². The number of carbonyl (C=O) groups excluding carboxylic acids is 1. The number of nitrogens with zero attached hydrogens (tertiary/aromatic N) is 2. The summed E-state index contributed by atoms with van der Waals surface area (Å²) in [5.74, 6) is -0.496. The first-order valence-electron chi connectivity index (χ1n) is 11.6. The van der Waals surface area contributed by atoms with Crippen LogP contribution in [0.25, 0.3) is 6.08 Å². The number of aromatic nitrogens is 1. The van der Waals surface area contributed by atoms with Gasteiger partial charge in [-0.25, -0.2) is 9.79 Å². The minimum absolute atomic E-state index is 0.130. The van der Waals surface area contributed by atoms with E-state index in [1.807, 2.05) is 79.1 Å². The van der Waals surface area contributed by atoms with Gasteiger partial charge in [0, 0.05) is 9.92 Å². The zero-order valence-electron chi connectivity index (χ0n) is 20.2. The van der Waals surface area contributed by atoms with Gasteiger partial charge in [-0.15, -0.1) is 11.8 Å². The van der Waals surface area contributed by atoms with E-state index < -0.39 is 12.0 Å². The summed E-state index contributed by atoms with van der Waals surface area (Å²) in [6, 6.07) is 24.1. The summed E-state index contributed by atoms with van der Waals surface area (Å²) in [4.78, 5) is 33.5. The summed E-state index contributed by atoms with van der Waals surface area (Å²) in [6.45, 7) is 1.92. The normalized spacial score (nSPS) is 15.3. The zero-order chi connectivity index (χ0) is 25.9. The van der Waals surface area contributed by atoms with Crippen LogP contribution in [-0.2, 0) is 16.1 Å². The molecule has 2 heterocycles. The quantitative estimate of drug-likeness (QED) is 0.241. The van der Waals surface area contributed by atoms with E-state index in [0.29, 0.717) is 25.6 Å². The van der Waals surface area contributed by atoms with E-state index >= 15 is 0 Å². The third kappa shape index (κ3) is 5.21. The molecule has 0 radical (unpaired) electrons. The number of hydrogen-bond acceptors (Lipinski definition) is 6. The number of rotatable bonds is 6. The van der Waals surface area contributed by atoms with Crippen molar-refractivity contribution in [2.75, 3.05) is 6.26 Å². The Labute approximate surface area is 227 Å². The summed E-state index contributed by atoms with van der Waals surface area (Å²) < 4.78 is 7.79. The lowest BCUT2D eigenvalue weighted by molar-refractivity contribution is -0.140. The molecule has 3 aromatic carbocycles. The third-order valence-corrected chi connectivity index (χ3v) is 8.15. The molecule has 0 spiro atoms. The summed E-state index contributed by atoms with van der Waals surface area (Å²) in [6.07, 6.45) is 3.77. The van der Waals surface area contributed by atoms with Crippen LogP contribution in [-0.4, -0.2) is 16.8 Å². The van der Waals surface area contributed by atoms with E-state index in [9.17, 15) is 9.59 Å². The van der Waals surface area contributed by atoms with Crippen LogP contribution in [0.5, 0.6) is 0 Å². The number of carbonyl (C=O) groups is 1. The van der Waals surface area contributed by atoms with Crippen LogP contribution in [0.4, 0.5) is 0 Å². The SMILES string of the molecule is CSc1ccc(C2C(C(=O)OCc3ccccc3)=C(C)N=c3sc(=Cc4ccccc4Cl)c(=O)n32)cc1. The van der Waals surface area contributed by atoms with Crippen molar-refractivity contribution in [3.05, 3.63) is 132 Å². The first kappa shape index (κ1) is 25.3. The number of allylic oxidation sites excluding steroid dienone is 1. The van der Waals surface area contributed by atoms with Crippen LogP contribution in [0.1, 0.15) is 29.7 Å². The monoisotopic (exact) mass is 546 g/mol. The lowest BCUT2D eigenvalue weighted by Gasteiger charge is -2.25. The standard InChI is InChI=1S/C29H23ClN2O3S2/c1-18-25(28(34)35-17-19-8-4-3-5-9-19)26(20-12-14-22(36-2)15-13-20)32-27(33)24(37-29(32)31-18)16-21-10-6-7-11-23(21)30/h3-16,26H,17H2,1-2H3. The fourth-order valence-electron chi connectivity index (χ4n) is 4.22. The molecule has 37 heavy (non-hydrogen) atoms. The Morgan fingerprint density at radius 3 is 2.49 bits per heavy atom. The van der Waals surface area contributed by atoms with Gasteiger partial charge in [0.05, 0.1) is 21.8 Å². The topological polar surface area (TPSA) is 60.7 Å².